The van der Waals surface area contributed by atoms with Crippen LogP contribution in [0.4, 0.5) is 0 Å². The van der Waals surface area contributed by atoms with Crippen LogP contribution in [0.25, 0.3) is 0 Å². The number of rotatable bonds is 9. The molecule has 4 nitrogen and oxygen atoms in total. The Bertz CT molecular complexity index is 391. The van der Waals surface area contributed by atoms with Crippen molar-refractivity contribution in [3.05, 3.63) is 35.9 Å². The van der Waals surface area contributed by atoms with Gasteiger partial charge in [-0.05, 0) is 13.0 Å². The van der Waals surface area contributed by atoms with Gasteiger partial charge < -0.3 is 19.5 Å². The first-order valence-corrected chi connectivity index (χ1v) is 6.43. The van der Waals surface area contributed by atoms with Gasteiger partial charge in [0.05, 0.1) is 13.7 Å². The van der Waals surface area contributed by atoms with Crippen molar-refractivity contribution in [2.24, 2.45) is 0 Å². The van der Waals surface area contributed by atoms with Gasteiger partial charge in [-0.1, -0.05) is 24.3 Å². The lowest BCUT2D eigenvalue weighted by atomic mass is 10.2. The molecule has 0 spiro atoms. The molecule has 1 aromatic carbocycles. The van der Waals surface area contributed by atoms with Gasteiger partial charge in [-0.25, -0.2) is 0 Å². The molecule has 0 unspecified atom stereocenters. The van der Waals surface area contributed by atoms with E-state index in [1.807, 2.05) is 37.3 Å². The summed E-state index contributed by atoms with van der Waals surface area (Å²) < 4.78 is 16.1. The first-order chi connectivity index (χ1) is 9.33. The lowest BCUT2D eigenvalue weighted by molar-refractivity contribution is 0.199. The summed E-state index contributed by atoms with van der Waals surface area (Å²) in [6, 6.07) is 5.91. The number of allylic oxidation sites excluding steroid dienone is 1. The molecule has 1 aromatic rings. The maximum Gasteiger partial charge on any atom is 0.166 e. The van der Waals surface area contributed by atoms with E-state index in [0.29, 0.717) is 13.2 Å². The number of ether oxygens (including phenoxy) is 3. The zero-order chi connectivity index (χ0) is 13.9. The normalized spacial score (nSPS) is 10.9. The molecule has 4 heteroatoms. The van der Waals surface area contributed by atoms with Gasteiger partial charge in [-0.2, -0.15) is 0 Å². The Hall–Kier alpha value is -1.52. The standard InChI is InChI=1S/C15H23NO3/c1-4-5-10-19-15-13(12-16-9-11-17-2)7-6-8-14(15)18-3/h4-8,16H,9-12H2,1-3H3. The number of methoxy groups -OCH3 is 2. The first-order valence-electron chi connectivity index (χ1n) is 6.43. The Kier molecular flexibility index (Phi) is 7.70. The van der Waals surface area contributed by atoms with Gasteiger partial charge >= 0.3 is 0 Å². The molecule has 0 bridgehead atoms. The van der Waals surface area contributed by atoms with Crippen LogP contribution in [0.2, 0.25) is 0 Å². The average molecular weight is 265 g/mol. The van der Waals surface area contributed by atoms with Crippen LogP contribution in [-0.4, -0.2) is 34.0 Å². The molecule has 0 fully saturated rings. The minimum atomic E-state index is 0.544. The lowest BCUT2D eigenvalue weighted by Crippen LogP contribution is -2.19. The third-order valence-corrected chi connectivity index (χ3v) is 2.64. The second-order valence-corrected chi connectivity index (χ2v) is 4.00. The van der Waals surface area contributed by atoms with E-state index in [-0.39, 0.29) is 0 Å². The largest absolute Gasteiger partial charge is 0.493 e. The molecule has 0 radical (unpaired) electrons. The number of benzene rings is 1. The zero-order valence-electron chi connectivity index (χ0n) is 11.9. The predicted molar refractivity (Wildman–Crippen MR) is 76.9 cm³/mol. The van der Waals surface area contributed by atoms with Crippen molar-refractivity contribution in [2.75, 3.05) is 34.0 Å². The van der Waals surface area contributed by atoms with Crippen molar-refractivity contribution < 1.29 is 14.2 Å². The molecule has 0 aliphatic carbocycles. The second kappa shape index (κ2) is 9.42. The summed E-state index contributed by atoms with van der Waals surface area (Å²) in [5.41, 5.74) is 1.08. The molecule has 0 aliphatic heterocycles. The van der Waals surface area contributed by atoms with Crippen molar-refractivity contribution in [3.63, 3.8) is 0 Å². The van der Waals surface area contributed by atoms with E-state index >= 15 is 0 Å². The summed E-state index contributed by atoms with van der Waals surface area (Å²) >= 11 is 0. The highest BCUT2D eigenvalue weighted by molar-refractivity contribution is 5.46. The fraction of sp³-hybridized carbons (Fsp3) is 0.467. The molecule has 0 aromatic heterocycles. The minimum Gasteiger partial charge on any atom is -0.493 e. The minimum absolute atomic E-state index is 0.544. The SMILES string of the molecule is CC=CCOc1c(CNCCOC)cccc1OC. The van der Waals surface area contributed by atoms with Crippen LogP contribution >= 0.6 is 0 Å². The van der Waals surface area contributed by atoms with Gasteiger partial charge in [0.25, 0.3) is 0 Å². The highest BCUT2D eigenvalue weighted by Gasteiger charge is 2.09. The van der Waals surface area contributed by atoms with Crippen molar-refractivity contribution in [1.29, 1.82) is 0 Å². The fourth-order valence-corrected chi connectivity index (χ4v) is 1.65. The second-order valence-electron chi connectivity index (χ2n) is 4.00. The predicted octanol–water partition coefficient (Wildman–Crippen LogP) is 2.39. The van der Waals surface area contributed by atoms with Crippen molar-refractivity contribution >= 4 is 0 Å². The number of hydrogen-bond donors (Lipinski definition) is 1. The van der Waals surface area contributed by atoms with Crippen molar-refractivity contribution in [1.82, 2.24) is 5.32 Å². The van der Waals surface area contributed by atoms with E-state index in [4.69, 9.17) is 14.2 Å². The third-order valence-electron chi connectivity index (χ3n) is 2.64. The quantitative estimate of drug-likeness (QED) is 0.550. The van der Waals surface area contributed by atoms with Crippen molar-refractivity contribution in [3.8, 4) is 11.5 Å². The molecule has 106 valence electrons. The van der Waals surface area contributed by atoms with Gasteiger partial charge in [0, 0.05) is 25.8 Å². The molecule has 19 heavy (non-hydrogen) atoms. The topological polar surface area (TPSA) is 39.7 Å². The Labute approximate surface area is 115 Å². The van der Waals surface area contributed by atoms with Crippen LogP contribution in [0.3, 0.4) is 0 Å². The third kappa shape index (κ3) is 5.32. The summed E-state index contributed by atoms with van der Waals surface area (Å²) in [7, 11) is 3.35. The van der Waals surface area contributed by atoms with E-state index in [2.05, 4.69) is 5.32 Å². The van der Waals surface area contributed by atoms with Crippen molar-refractivity contribution in [2.45, 2.75) is 13.5 Å². The molecule has 1 N–H and O–H groups in total. The molecule has 0 saturated carbocycles. The smallest absolute Gasteiger partial charge is 0.166 e. The molecular formula is C15H23NO3. The lowest BCUT2D eigenvalue weighted by Gasteiger charge is -2.14. The van der Waals surface area contributed by atoms with Crippen LogP contribution in [0.15, 0.2) is 30.4 Å². The van der Waals surface area contributed by atoms with E-state index < -0.39 is 0 Å². The summed E-state index contributed by atoms with van der Waals surface area (Å²) in [6.07, 6.45) is 3.93. The fourth-order valence-electron chi connectivity index (χ4n) is 1.65. The summed E-state index contributed by atoms with van der Waals surface area (Å²) in [4.78, 5) is 0. The molecule has 0 aliphatic rings. The Morgan fingerprint density at radius 3 is 2.79 bits per heavy atom. The van der Waals surface area contributed by atoms with Gasteiger partial charge in [-0.3, -0.25) is 0 Å². The molecule has 0 atom stereocenters. The van der Waals surface area contributed by atoms with E-state index in [1.165, 1.54) is 0 Å². The Morgan fingerprint density at radius 2 is 2.11 bits per heavy atom. The molecule has 0 amide bonds. The summed E-state index contributed by atoms with van der Waals surface area (Å²) in [5.74, 6) is 1.56. The monoisotopic (exact) mass is 265 g/mol. The van der Waals surface area contributed by atoms with E-state index in [9.17, 15) is 0 Å². The molecule has 0 saturated heterocycles. The summed E-state index contributed by atoms with van der Waals surface area (Å²) in [5, 5.41) is 3.31. The Balaban J connectivity index is 2.71. The van der Waals surface area contributed by atoms with Gasteiger partial charge in [-0.15, -0.1) is 0 Å². The highest BCUT2D eigenvalue weighted by atomic mass is 16.5. The van der Waals surface area contributed by atoms with Crippen LogP contribution in [0, 0.1) is 0 Å². The van der Waals surface area contributed by atoms with Crippen LogP contribution in [-0.2, 0) is 11.3 Å². The van der Waals surface area contributed by atoms with Gasteiger partial charge in [0.15, 0.2) is 11.5 Å². The highest BCUT2D eigenvalue weighted by Crippen LogP contribution is 2.31. The van der Waals surface area contributed by atoms with Crippen LogP contribution in [0.5, 0.6) is 11.5 Å². The maximum atomic E-state index is 5.77. The first kappa shape index (κ1) is 15.5. The van der Waals surface area contributed by atoms with Gasteiger partial charge in [0.1, 0.15) is 6.61 Å². The number of para-hydroxylation sites is 1. The summed E-state index contributed by atoms with van der Waals surface area (Å²) in [6.45, 7) is 4.74. The molecular weight excluding hydrogens is 242 g/mol. The number of nitrogens with one attached hydrogen (secondary N) is 1. The van der Waals surface area contributed by atoms with E-state index in [0.717, 1.165) is 30.2 Å². The zero-order valence-corrected chi connectivity index (χ0v) is 11.9. The Morgan fingerprint density at radius 1 is 1.26 bits per heavy atom. The van der Waals surface area contributed by atoms with Gasteiger partial charge in [0.2, 0.25) is 0 Å². The maximum absolute atomic E-state index is 5.77. The molecule has 0 heterocycles. The number of hydrogen-bond acceptors (Lipinski definition) is 4. The van der Waals surface area contributed by atoms with Crippen LogP contribution < -0.4 is 14.8 Å². The van der Waals surface area contributed by atoms with Crippen LogP contribution in [0.1, 0.15) is 12.5 Å². The average Bonchev–Trinajstić information content (AvgIpc) is 2.44. The molecule has 1 rings (SSSR count). The van der Waals surface area contributed by atoms with E-state index in [1.54, 1.807) is 14.2 Å².